The van der Waals surface area contributed by atoms with Gasteiger partial charge < -0.3 is 10.0 Å². The van der Waals surface area contributed by atoms with Gasteiger partial charge >= 0.3 is 5.97 Å². The lowest BCUT2D eigenvalue weighted by Crippen LogP contribution is -2.51. The molecule has 1 saturated heterocycles. The molecule has 0 aliphatic carbocycles. The number of piperazine rings is 1. The number of benzene rings is 1. The number of carboxylic acids is 1. The van der Waals surface area contributed by atoms with Crippen LogP contribution in [0.3, 0.4) is 0 Å². The lowest BCUT2D eigenvalue weighted by molar-refractivity contribution is -0.132. The van der Waals surface area contributed by atoms with Crippen molar-refractivity contribution in [2.45, 2.75) is 0 Å². The van der Waals surface area contributed by atoms with Gasteiger partial charge in [0.05, 0.1) is 13.1 Å². The first-order chi connectivity index (χ1) is 9.45. The van der Waals surface area contributed by atoms with Crippen molar-refractivity contribution in [1.29, 1.82) is 0 Å². The Morgan fingerprint density at radius 1 is 1.30 bits per heavy atom. The average Bonchev–Trinajstić information content (AvgIpc) is 2.35. The minimum atomic E-state index is -1.07. The van der Waals surface area contributed by atoms with E-state index in [1.54, 1.807) is 23.1 Å². The molecule has 1 aliphatic heterocycles. The molecule has 2 rings (SSSR count). The van der Waals surface area contributed by atoms with Crippen molar-refractivity contribution >= 4 is 45.5 Å². The van der Waals surface area contributed by atoms with E-state index in [4.69, 9.17) is 5.11 Å². The average molecular weight is 339 g/mol. The largest absolute Gasteiger partial charge is 0.478 e. The molecule has 20 heavy (non-hydrogen) atoms. The Bertz CT molecular complexity index is 596. The first-order valence-corrected chi connectivity index (χ1v) is 6.53. The summed E-state index contributed by atoms with van der Waals surface area (Å²) in [7, 11) is 0. The Labute approximate surface area is 123 Å². The van der Waals surface area contributed by atoms with Gasteiger partial charge in [-0.1, -0.05) is 15.9 Å². The zero-order chi connectivity index (χ0) is 14.7. The second kappa shape index (κ2) is 5.87. The molecule has 0 radical (unpaired) electrons. The van der Waals surface area contributed by atoms with E-state index in [-0.39, 0.29) is 24.9 Å². The van der Waals surface area contributed by atoms with Crippen LogP contribution in [0.5, 0.6) is 0 Å². The third-order valence-electron chi connectivity index (χ3n) is 2.68. The molecular formula is C13H11BrN2O4. The standard InChI is InChI=1S/C13H11BrN2O4/c14-9-2-3-10(8(5-9)1-4-13(19)20)16-6-11(17)15-12(18)7-16/h1-5H,6-7H2,(H,19,20)(H,15,17,18)/b4-1+. The maximum Gasteiger partial charge on any atom is 0.328 e. The van der Waals surface area contributed by atoms with Crippen LogP contribution in [0.4, 0.5) is 5.69 Å². The molecular weight excluding hydrogens is 328 g/mol. The minimum absolute atomic E-state index is 0.0568. The van der Waals surface area contributed by atoms with Crippen LogP contribution in [0.2, 0.25) is 0 Å². The molecule has 7 heteroatoms. The van der Waals surface area contributed by atoms with E-state index in [1.807, 2.05) is 0 Å². The zero-order valence-corrected chi connectivity index (χ0v) is 11.9. The summed E-state index contributed by atoms with van der Waals surface area (Å²) in [5, 5.41) is 10.9. The lowest BCUT2D eigenvalue weighted by atomic mass is 10.1. The third kappa shape index (κ3) is 3.45. The number of halogens is 1. The summed E-state index contributed by atoms with van der Waals surface area (Å²) in [6.07, 6.45) is 2.44. The maximum atomic E-state index is 11.4. The van der Waals surface area contributed by atoms with Crippen LogP contribution < -0.4 is 10.2 Å². The first kappa shape index (κ1) is 14.3. The number of nitrogens with one attached hydrogen (secondary N) is 1. The Kier molecular flexibility index (Phi) is 4.19. The van der Waals surface area contributed by atoms with Gasteiger partial charge in [-0.15, -0.1) is 0 Å². The van der Waals surface area contributed by atoms with Gasteiger partial charge in [-0.2, -0.15) is 0 Å². The zero-order valence-electron chi connectivity index (χ0n) is 10.3. The molecule has 0 bridgehead atoms. The van der Waals surface area contributed by atoms with Crippen molar-refractivity contribution in [3.05, 3.63) is 34.3 Å². The van der Waals surface area contributed by atoms with Gasteiger partial charge in [0.1, 0.15) is 0 Å². The number of aliphatic carboxylic acids is 1. The van der Waals surface area contributed by atoms with Gasteiger partial charge in [0, 0.05) is 16.2 Å². The smallest absolute Gasteiger partial charge is 0.328 e. The highest BCUT2D eigenvalue weighted by Gasteiger charge is 2.23. The number of hydrogen-bond donors (Lipinski definition) is 2. The summed E-state index contributed by atoms with van der Waals surface area (Å²) in [6, 6.07) is 5.23. The molecule has 1 aromatic carbocycles. The van der Waals surface area contributed by atoms with Gasteiger partial charge in [0.2, 0.25) is 11.8 Å². The number of carboxylic acid groups (broad SMARTS) is 1. The summed E-state index contributed by atoms with van der Waals surface area (Å²) in [4.78, 5) is 35.0. The highest BCUT2D eigenvalue weighted by atomic mass is 79.9. The molecule has 0 atom stereocenters. The van der Waals surface area contributed by atoms with Gasteiger partial charge in [-0.05, 0) is 29.8 Å². The SMILES string of the molecule is O=C(O)/C=C/c1cc(Br)ccc1N1CC(=O)NC(=O)C1. The van der Waals surface area contributed by atoms with Crippen LogP contribution in [0.15, 0.2) is 28.7 Å². The van der Waals surface area contributed by atoms with Crippen LogP contribution >= 0.6 is 15.9 Å². The number of carbonyl (C=O) groups excluding carboxylic acids is 2. The van der Waals surface area contributed by atoms with E-state index in [0.717, 1.165) is 10.5 Å². The highest BCUT2D eigenvalue weighted by Crippen LogP contribution is 2.26. The van der Waals surface area contributed by atoms with Crippen molar-refractivity contribution in [3.8, 4) is 0 Å². The Morgan fingerprint density at radius 3 is 2.55 bits per heavy atom. The predicted octanol–water partition coefficient (Wildman–Crippen LogP) is 1.01. The predicted molar refractivity (Wildman–Crippen MR) is 76.2 cm³/mol. The Balaban J connectivity index is 2.37. The van der Waals surface area contributed by atoms with E-state index < -0.39 is 5.97 Å². The number of rotatable bonds is 3. The molecule has 0 spiro atoms. The second-order valence-corrected chi connectivity index (χ2v) is 5.12. The summed E-state index contributed by atoms with van der Waals surface area (Å²) in [5.74, 6) is -1.82. The van der Waals surface area contributed by atoms with Crippen molar-refractivity contribution in [1.82, 2.24) is 5.32 Å². The number of hydrogen-bond acceptors (Lipinski definition) is 4. The van der Waals surface area contributed by atoms with E-state index in [1.165, 1.54) is 6.08 Å². The molecule has 0 aromatic heterocycles. The highest BCUT2D eigenvalue weighted by molar-refractivity contribution is 9.10. The summed E-state index contributed by atoms with van der Waals surface area (Å²) >= 11 is 3.31. The van der Waals surface area contributed by atoms with E-state index in [9.17, 15) is 14.4 Å². The molecule has 6 nitrogen and oxygen atoms in total. The van der Waals surface area contributed by atoms with Crippen LogP contribution in [0, 0.1) is 0 Å². The van der Waals surface area contributed by atoms with E-state index in [2.05, 4.69) is 21.2 Å². The molecule has 1 heterocycles. The van der Waals surface area contributed by atoms with Crippen molar-refractivity contribution in [2.24, 2.45) is 0 Å². The van der Waals surface area contributed by atoms with Gasteiger partial charge in [-0.25, -0.2) is 4.79 Å². The summed E-state index contributed by atoms with van der Waals surface area (Å²) in [6.45, 7) is 0.114. The molecule has 0 saturated carbocycles. The lowest BCUT2D eigenvalue weighted by Gasteiger charge is -2.28. The summed E-state index contributed by atoms with van der Waals surface area (Å²) < 4.78 is 0.777. The Hall–Kier alpha value is -2.15. The third-order valence-corrected chi connectivity index (χ3v) is 3.18. The number of anilines is 1. The topological polar surface area (TPSA) is 86.7 Å². The quantitative estimate of drug-likeness (QED) is 0.634. The fraction of sp³-hybridized carbons (Fsp3) is 0.154. The molecule has 1 fully saturated rings. The van der Waals surface area contributed by atoms with Crippen LogP contribution in [-0.2, 0) is 14.4 Å². The first-order valence-electron chi connectivity index (χ1n) is 5.74. The van der Waals surface area contributed by atoms with Crippen LogP contribution in [0.1, 0.15) is 5.56 Å². The Morgan fingerprint density at radius 2 is 1.95 bits per heavy atom. The van der Waals surface area contributed by atoms with Crippen molar-refractivity contribution in [2.75, 3.05) is 18.0 Å². The molecule has 1 aromatic rings. The van der Waals surface area contributed by atoms with Gasteiger partial charge in [-0.3, -0.25) is 14.9 Å². The minimum Gasteiger partial charge on any atom is -0.478 e. The monoisotopic (exact) mass is 338 g/mol. The fourth-order valence-electron chi connectivity index (χ4n) is 1.92. The maximum absolute atomic E-state index is 11.4. The summed E-state index contributed by atoms with van der Waals surface area (Å²) in [5.41, 5.74) is 1.25. The molecule has 2 N–H and O–H groups in total. The van der Waals surface area contributed by atoms with Crippen LogP contribution in [0.25, 0.3) is 6.08 Å². The molecule has 104 valence electrons. The second-order valence-electron chi connectivity index (χ2n) is 4.20. The molecule has 1 aliphatic rings. The van der Waals surface area contributed by atoms with Gasteiger partial charge in [0.25, 0.3) is 0 Å². The number of nitrogens with zero attached hydrogens (tertiary/aromatic N) is 1. The van der Waals surface area contributed by atoms with Crippen LogP contribution in [-0.4, -0.2) is 36.0 Å². The number of imide groups is 1. The normalized spacial score (nSPS) is 15.6. The molecule has 2 amide bonds. The van der Waals surface area contributed by atoms with Crippen molar-refractivity contribution in [3.63, 3.8) is 0 Å². The van der Waals surface area contributed by atoms with Gasteiger partial charge in [0.15, 0.2) is 0 Å². The van der Waals surface area contributed by atoms with E-state index in [0.29, 0.717) is 11.3 Å². The molecule has 0 unspecified atom stereocenters. The number of carbonyl (C=O) groups is 3. The fourth-order valence-corrected chi connectivity index (χ4v) is 2.29. The van der Waals surface area contributed by atoms with Crippen molar-refractivity contribution < 1.29 is 19.5 Å². The van der Waals surface area contributed by atoms with E-state index >= 15 is 0 Å². The number of amides is 2.